The second-order valence-electron chi connectivity index (χ2n) is 5.44. The molecule has 0 aliphatic heterocycles. The number of halogens is 5. The monoisotopic (exact) mass is 421 g/mol. The molecule has 0 spiro atoms. The predicted molar refractivity (Wildman–Crippen MR) is 94.0 cm³/mol. The molecule has 1 N–H and O–H groups in total. The van der Waals surface area contributed by atoms with Crippen LogP contribution in [0.5, 0.6) is 11.5 Å². The fourth-order valence-corrected chi connectivity index (χ4v) is 2.83. The zero-order valence-corrected chi connectivity index (χ0v) is 15.4. The third kappa shape index (κ3) is 6.91. The van der Waals surface area contributed by atoms with E-state index in [9.17, 15) is 26.7 Å². The Kier molecular flexibility index (Phi) is 7.50. The summed E-state index contributed by atoms with van der Waals surface area (Å²) in [4.78, 5) is 12.0. The number of alkyl halides is 5. The molecule has 0 radical (unpaired) electrons. The van der Waals surface area contributed by atoms with E-state index >= 15 is 0 Å². The number of thioether (sulfide) groups is 1. The summed E-state index contributed by atoms with van der Waals surface area (Å²) < 4.78 is 70.9. The number of amides is 1. The minimum absolute atomic E-state index is 0.0118. The number of hydrogen-bond donors (Lipinski definition) is 1. The van der Waals surface area contributed by atoms with Crippen LogP contribution < -0.4 is 14.8 Å². The van der Waals surface area contributed by atoms with E-state index in [0.717, 1.165) is 5.56 Å². The van der Waals surface area contributed by atoms with Crippen molar-refractivity contribution in [2.75, 3.05) is 13.7 Å². The molecule has 0 heterocycles. The van der Waals surface area contributed by atoms with Gasteiger partial charge >= 0.3 is 12.1 Å². The Labute approximate surface area is 162 Å². The largest absolute Gasteiger partial charge is 0.493 e. The fourth-order valence-electron chi connectivity index (χ4n) is 2.29. The average Bonchev–Trinajstić information content (AvgIpc) is 2.61. The van der Waals surface area contributed by atoms with Crippen LogP contribution in [0.3, 0.4) is 0 Å². The van der Waals surface area contributed by atoms with Gasteiger partial charge in [-0.1, -0.05) is 6.07 Å². The van der Waals surface area contributed by atoms with Crippen LogP contribution in [0, 0.1) is 0 Å². The number of carbonyl (C=O) groups excluding carboxylic acids is 1. The first-order chi connectivity index (χ1) is 13.2. The molecule has 2 aromatic carbocycles. The van der Waals surface area contributed by atoms with Gasteiger partial charge in [0.2, 0.25) is 0 Å². The highest BCUT2D eigenvalue weighted by Crippen LogP contribution is 2.36. The van der Waals surface area contributed by atoms with Crippen LogP contribution in [0.2, 0.25) is 0 Å². The second kappa shape index (κ2) is 9.63. The van der Waals surface area contributed by atoms with Crippen molar-refractivity contribution in [3.8, 4) is 11.5 Å². The summed E-state index contributed by atoms with van der Waals surface area (Å²) in [6, 6.07) is 9.49. The van der Waals surface area contributed by atoms with Gasteiger partial charge in [0.05, 0.1) is 7.11 Å². The standard InChI is InChI=1S/C18H16F5NO3S/c1-26-15-10-11(2-7-14(15)27-17(19)20)8-9-24-16(25)12-3-5-13(6-4-12)28-18(21,22)23/h2-7,10,17H,8-9H2,1H3,(H,24,25). The van der Waals surface area contributed by atoms with Gasteiger partial charge < -0.3 is 14.8 Å². The first-order valence-electron chi connectivity index (χ1n) is 7.93. The van der Waals surface area contributed by atoms with Crippen molar-refractivity contribution in [2.45, 2.75) is 23.4 Å². The number of ether oxygens (including phenoxy) is 2. The number of benzene rings is 2. The Balaban J connectivity index is 1.89. The van der Waals surface area contributed by atoms with E-state index in [2.05, 4.69) is 10.1 Å². The minimum Gasteiger partial charge on any atom is -0.493 e. The Morgan fingerprint density at radius 1 is 1.11 bits per heavy atom. The lowest BCUT2D eigenvalue weighted by molar-refractivity contribution is -0.0512. The van der Waals surface area contributed by atoms with Crippen molar-refractivity contribution in [3.63, 3.8) is 0 Å². The predicted octanol–water partition coefficient (Wildman–Crippen LogP) is 4.88. The first kappa shape index (κ1) is 21.8. The van der Waals surface area contributed by atoms with Gasteiger partial charge in [0.15, 0.2) is 11.5 Å². The van der Waals surface area contributed by atoms with E-state index in [-0.39, 0.29) is 40.3 Å². The molecule has 0 bridgehead atoms. The molecule has 0 aliphatic carbocycles. The molecule has 0 saturated heterocycles. The maximum absolute atomic E-state index is 12.3. The molecule has 152 valence electrons. The van der Waals surface area contributed by atoms with Crippen molar-refractivity contribution in [1.29, 1.82) is 0 Å². The SMILES string of the molecule is COc1cc(CCNC(=O)c2ccc(SC(F)(F)F)cc2)ccc1OC(F)F. The molecule has 10 heteroatoms. The number of rotatable bonds is 8. The number of hydrogen-bond acceptors (Lipinski definition) is 4. The van der Waals surface area contributed by atoms with Crippen LogP contribution in [-0.4, -0.2) is 31.7 Å². The molecule has 0 aromatic heterocycles. The van der Waals surface area contributed by atoms with Crippen molar-refractivity contribution in [2.24, 2.45) is 0 Å². The molecule has 0 saturated carbocycles. The molecular weight excluding hydrogens is 405 g/mol. The molecule has 0 aliphatic rings. The third-order valence-corrected chi connectivity index (χ3v) is 4.23. The van der Waals surface area contributed by atoms with Crippen LogP contribution in [0.4, 0.5) is 22.0 Å². The average molecular weight is 421 g/mol. The molecule has 4 nitrogen and oxygen atoms in total. The van der Waals surface area contributed by atoms with Gasteiger partial charge in [0.1, 0.15) is 0 Å². The van der Waals surface area contributed by atoms with Crippen molar-refractivity contribution >= 4 is 17.7 Å². The van der Waals surface area contributed by atoms with Crippen LogP contribution in [-0.2, 0) is 6.42 Å². The van der Waals surface area contributed by atoms with Gasteiger partial charge in [0.25, 0.3) is 5.91 Å². The number of carbonyl (C=O) groups is 1. The van der Waals surface area contributed by atoms with E-state index in [1.165, 1.54) is 43.5 Å². The van der Waals surface area contributed by atoms with Crippen LogP contribution in [0.1, 0.15) is 15.9 Å². The van der Waals surface area contributed by atoms with E-state index < -0.39 is 18.0 Å². The summed E-state index contributed by atoms with van der Waals surface area (Å²) in [6.45, 7) is -2.74. The third-order valence-electron chi connectivity index (χ3n) is 3.49. The van der Waals surface area contributed by atoms with E-state index in [0.29, 0.717) is 6.42 Å². The minimum atomic E-state index is -4.39. The zero-order valence-electron chi connectivity index (χ0n) is 14.6. The quantitative estimate of drug-likeness (QED) is 0.488. The summed E-state index contributed by atoms with van der Waals surface area (Å²) in [5.74, 6) is -0.392. The summed E-state index contributed by atoms with van der Waals surface area (Å²) in [5, 5.41) is 2.64. The Hall–Kier alpha value is -2.49. The maximum atomic E-state index is 12.3. The van der Waals surface area contributed by atoms with E-state index in [1.807, 2.05) is 0 Å². The smallest absolute Gasteiger partial charge is 0.446 e. The van der Waals surface area contributed by atoms with Gasteiger partial charge in [-0.15, -0.1) is 0 Å². The molecule has 2 aromatic rings. The second-order valence-corrected chi connectivity index (χ2v) is 6.58. The number of methoxy groups -OCH3 is 1. The van der Waals surface area contributed by atoms with Gasteiger partial charge in [-0.3, -0.25) is 4.79 Å². The first-order valence-corrected chi connectivity index (χ1v) is 8.75. The van der Waals surface area contributed by atoms with Gasteiger partial charge in [0, 0.05) is 17.0 Å². The summed E-state index contributed by atoms with van der Waals surface area (Å²) in [6.07, 6.45) is 0.388. The Bertz CT molecular complexity index is 797. The fraction of sp³-hybridized carbons (Fsp3) is 0.278. The maximum Gasteiger partial charge on any atom is 0.446 e. The zero-order chi connectivity index (χ0) is 20.7. The van der Waals surface area contributed by atoms with E-state index in [4.69, 9.17) is 4.74 Å². The molecule has 2 rings (SSSR count). The van der Waals surface area contributed by atoms with Crippen molar-refractivity contribution in [1.82, 2.24) is 5.32 Å². The lowest BCUT2D eigenvalue weighted by atomic mass is 10.1. The molecular formula is C18H16F5NO3S. The Morgan fingerprint density at radius 3 is 2.36 bits per heavy atom. The normalized spacial score (nSPS) is 11.4. The van der Waals surface area contributed by atoms with E-state index in [1.54, 1.807) is 6.07 Å². The molecule has 28 heavy (non-hydrogen) atoms. The van der Waals surface area contributed by atoms with Gasteiger partial charge in [-0.2, -0.15) is 22.0 Å². The summed E-state index contributed by atoms with van der Waals surface area (Å²) >= 11 is -0.256. The highest BCUT2D eigenvalue weighted by atomic mass is 32.2. The highest BCUT2D eigenvalue weighted by Gasteiger charge is 2.29. The summed E-state index contributed by atoms with van der Waals surface area (Å²) in [5.41, 5.74) is -3.44. The highest BCUT2D eigenvalue weighted by molar-refractivity contribution is 8.00. The van der Waals surface area contributed by atoms with Crippen molar-refractivity contribution in [3.05, 3.63) is 53.6 Å². The van der Waals surface area contributed by atoms with Crippen LogP contribution in [0.15, 0.2) is 47.4 Å². The lowest BCUT2D eigenvalue weighted by Crippen LogP contribution is -2.25. The number of nitrogens with one attached hydrogen (secondary N) is 1. The topological polar surface area (TPSA) is 47.6 Å². The molecule has 1 amide bonds. The van der Waals surface area contributed by atoms with Crippen LogP contribution in [0.25, 0.3) is 0 Å². The van der Waals surface area contributed by atoms with Crippen molar-refractivity contribution < 1.29 is 36.2 Å². The summed E-state index contributed by atoms with van der Waals surface area (Å²) in [7, 11) is 1.32. The van der Waals surface area contributed by atoms with Gasteiger partial charge in [-0.05, 0) is 60.1 Å². The molecule has 0 atom stereocenters. The molecule has 0 unspecified atom stereocenters. The molecule has 0 fully saturated rings. The lowest BCUT2D eigenvalue weighted by Gasteiger charge is -2.12. The van der Waals surface area contributed by atoms with Crippen LogP contribution >= 0.6 is 11.8 Å². The van der Waals surface area contributed by atoms with Gasteiger partial charge in [-0.25, -0.2) is 0 Å². The Morgan fingerprint density at radius 2 is 1.79 bits per heavy atom.